The molecule has 0 bridgehead atoms. The van der Waals surface area contributed by atoms with Gasteiger partial charge in [-0.25, -0.2) is 0 Å². The molecular weight excluding hydrogens is 224 g/mol. The molecule has 0 spiro atoms. The highest BCUT2D eigenvalue weighted by atomic mass is 16.5. The van der Waals surface area contributed by atoms with Crippen LogP contribution in [0.5, 0.6) is 0 Å². The lowest BCUT2D eigenvalue weighted by Gasteiger charge is -2.41. The molecule has 0 aromatic rings. The molecule has 1 heterocycles. The summed E-state index contributed by atoms with van der Waals surface area (Å²) in [4.78, 5) is 2.59. The molecule has 1 aliphatic heterocycles. The van der Waals surface area contributed by atoms with Gasteiger partial charge in [0.2, 0.25) is 0 Å². The molecule has 4 unspecified atom stereocenters. The topological polar surface area (TPSA) is 38.5 Å². The van der Waals surface area contributed by atoms with Crippen molar-refractivity contribution in [1.29, 1.82) is 0 Å². The summed E-state index contributed by atoms with van der Waals surface area (Å²) in [5, 5.41) is 0. The smallest absolute Gasteiger partial charge is 0.0702 e. The number of rotatable bonds is 5. The Labute approximate surface area is 112 Å². The van der Waals surface area contributed by atoms with Gasteiger partial charge in [0.25, 0.3) is 0 Å². The third-order valence-electron chi connectivity index (χ3n) is 4.89. The van der Waals surface area contributed by atoms with E-state index in [1.807, 2.05) is 0 Å². The maximum atomic E-state index is 6.36. The fourth-order valence-corrected chi connectivity index (χ4v) is 3.59. The average molecular weight is 254 g/mol. The molecule has 2 N–H and O–H groups in total. The van der Waals surface area contributed by atoms with Crippen molar-refractivity contribution in [1.82, 2.24) is 4.90 Å². The van der Waals surface area contributed by atoms with Crippen molar-refractivity contribution in [2.45, 2.75) is 70.6 Å². The Kier molecular flexibility index (Phi) is 5.46. The SMILES string of the molecule is CCC1CCC(N)C(N(CC)CC2CCCO2)C1. The summed E-state index contributed by atoms with van der Waals surface area (Å²) in [7, 11) is 0. The fraction of sp³-hybridized carbons (Fsp3) is 1.00. The Morgan fingerprint density at radius 2 is 2.06 bits per heavy atom. The van der Waals surface area contributed by atoms with Gasteiger partial charge in [-0.15, -0.1) is 0 Å². The number of hydrogen-bond donors (Lipinski definition) is 1. The Morgan fingerprint density at radius 3 is 2.67 bits per heavy atom. The summed E-state index contributed by atoms with van der Waals surface area (Å²) in [6.07, 6.45) is 8.04. The van der Waals surface area contributed by atoms with Gasteiger partial charge in [-0.3, -0.25) is 4.90 Å². The molecule has 2 fully saturated rings. The Bertz CT molecular complexity index is 241. The lowest BCUT2D eigenvalue weighted by molar-refractivity contribution is 0.0384. The molecule has 0 aromatic heterocycles. The Morgan fingerprint density at radius 1 is 1.22 bits per heavy atom. The molecular formula is C15H30N2O. The molecule has 1 saturated carbocycles. The molecule has 18 heavy (non-hydrogen) atoms. The van der Waals surface area contributed by atoms with Crippen molar-refractivity contribution in [3.05, 3.63) is 0 Å². The molecule has 1 saturated heterocycles. The Balaban J connectivity index is 1.91. The van der Waals surface area contributed by atoms with Gasteiger partial charge in [0, 0.05) is 25.2 Å². The predicted octanol–water partition coefficient (Wildman–Crippen LogP) is 2.39. The molecule has 0 radical (unpaired) electrons. The van der Waals surface area contributed by atoms with Crippen LogP contribution in [0, 0.1) is 5.92 Å². The number of likely N-dealkylation sites (N-methyl/N-ethyl adjacent to an activating group) is 1. The largest absolute Gasteiger partial charge is 0.377 e. The molecule has 3 heteroatoms. The van der Waals surface area contributed by atoms with Gasteiger partial charge in [0.1, 0.15) is 0 Å². The molecule has 2 rings (SSSR count). The molecule has 0 aromatic carbocycles. The van der Waals surface area contributed by atoms with Crippen LogP contribution in [0.4, 0.5) is 0 Å². The number of hydrogen-bond acceptors (Lipinski definition) is 3. The van der Waals surface area contributed by atoms with Crippen LogP contribution in [-0.4, -0.2) is 42.8 Å². The zero-order valence-corrected chi connectivity index (χ0v) is 12.1. The van der Waals surface area contributed by atoms with E-state index in [4.69, 9.17) is 10.5 Å². The average Bonchev–Trinajstić information content (AvgIpc) is 2.90. The second kappa shape index (κ2) is 6.88. The summed E-state index contributed by atoms with van der Waals surface area (Å²) in [5.41, 5.74) is 6.36. The number of nitrogens with two attached hydrogens (primary N) is 1. The van der Waals surface area contributed by atoms with Crippen molar-refractivity contribution >= 4 is 0 Å². The van der Waals surface area contributed by atoms with Gasteiger partial charge >= 0.3 is 0 Å². The molecule has 106 valence electrons. The van der Waals surface area contributed by atoms with Crippen LogP contribution in [0.2, 0.25) is 0 Å². The number of ether oxygens (including phenoxy) is 1. The molecule has 3 nitrogen and oxygen atoms in total. The van der Waals surface area contributed by atoms with Crippen LogP contribution in [0.1, 0.15) is 52.4 Å². The van der Waals surface area contributed by atoms with Crippen LogP contribution in [0.25, 0.3) is 0 Å². The van der Waals surface area contributed by atoms with E-state index >= 15 is 0 Å². The van der Waals surface area contributed by atoms with Crippen LogP contribution >= 0.6 is 0 Å². The summed E-state index contributed by atoms with van der Waals surface area (Å²) in [5.74, 6) is 0.883. The van der Waals surface area contributed by atoms with E-state index in [-0.39, 0.29) is 0 Å². The second-order valence-electron chi connectivity index (χ2n) is 6.04. The normalized spacial score (nSPS) is 37.3. The van der Waals surface area contributed by atoms with Crippen molar-refractivity contribution in [3.8, 4) is 0 Å². The van der Waals surface area contributed by atoms with Gasteiger partial charge < -0.3 is 10.5 Å². The zero-order valence-electron chi connectivity index (χ0n) is 12.1. The van der Waals surface area contributed by atoms with Crippen molar-refractivity contribution in [2.75, 3.05) is 19.7 Å². The standard InChI is InChI=1S/C15H30N2O/c1-3-12-7-8-14(16)15(10-12)17(4-2)11-13-6-5-9-18-13/h12-15H,3-11,16H2,1-2H3. The fourth-order valence-electron chi connectivity index (χ4n) is 3.59. The third kappa shape index (κ3) is 3.46. The van der Waals surface area contributed by atoms with Gasteiger partial charge in [-0.1, -0.05) is 20.3 Å². The molecule has 4 atom stereocenters. The Hall–Kier alpha value is -0.120. The lowest BCUT2D eigenvalue weighted by atomic mass is 9.80. The minimum Gasteiger partial charge on any atom is -0.377 e. The van der Waals surface area contributed by atoms with E-state index in [1.165, 1.54) is 38.5 Å². The van der Waals surface area contributed by atoms with E-state index in [2.05, 4.69) is 18.7 Å². The van der Waals surface area contributed by atoms with Crippen LogP contribution in [-0.2, 0) is 4.74 Å². The summed E-state index contributed by atoms with van der Waals surface area (Å²) in [6, 6.07) is 0.951. The molecule has 1 aliphatic carbocycles. The van der Waals surface area contributed by atoms with Crippen LogP contribution in [0.15, 0.2) is 0 Å². The van der Waals surface area contributed by atoms with Crippen molar-refractivity contribution < 1.29 is 4.74 Å². The van der Waals surface area contributed by atoms with Gasteiger partial charge in [-0.2, -0.15) is 0 Å². The highest BCUT2D eigenvalue weighted by molar-refractivity contribution is 4.90. The summed E-state index contributed by atoms with van der Waals surface area (Å²) >= 11 is 0. The summed E-state index contributed by atoms with van der Waals surface area (Å²) < 4.78 is 5.78. The lowest BCUT2D eigenvalue weighted by Crippen LogP contribution is -2.53. The highest BCUT2D eigenvalue weighted by Crippen LogP contribution is 2.29. The van der Waals surface area contributed by atoms with Crippen molar-refractivity contribution in [3.63, 3.8) is 0 Å². The molecule has 0 amide bonds. The predicted molar refractivity (Wildman–Crippen MR) is 75.6 cm³/mol. The van der Waals surface area contributed by atoms with Crippen LogP contribution in [0.3, 0.4) is 0 Å². The van der Waals surface area contributed by atoms with Gasteiger partial charge in [0.15, 0.2) is 0 Å². The van der Waals surface area contributed by atoms with E-state index in [0.717, 1.165) is 25.6 Å². The van der Waals surface area contributed by atoms with E-state index < -0.39 is 0 Å². The monoisotopic (exact) mass is 254 g/mol. The van der Waals surface area contributed by atoms with Crippen LogP contribution < -0.4 is 5.73 Å². The quantitative estimate of drug-likeness (QED) is 0.819. The molecule has 2 aliphatic rings. The van der Waals surface area contributed by atoms with E-state index in [0.29, 0.717) is 18.2 Å². The maximum Gasteiger partial charge on any atom is 0.0702 e. The zero-order chi connectivity index (χ0) is 13.0. The van der Waals surface area contributed by atoms with E-state index in [1.54, 1.807) is 0 Å². The van der Waals surface area contributed by atoms with Crippen molar-refractivity contribution in [2.24, 2.45) is 11.7 Å². The maximum absolute atomic E-state index is 6.36. The first-order chi connectivity index (χ1) is 8.74. The van der Waals surface area contributed by atoms with Gasteiger partial charge in [-0.05, 0) is 44.6 Å². The highest BCUT2D eigenvalue weighted by Gasteiger charge is 2.32. The van der Waals surface area contributed by atoms with E-state index in [9.17, 15) is 0 Å². The minimum atomic E-state index is 0.370. The minimum absolute atomic E-state index is 0.370. The summed E-state index contributed by atoms with van der Waals surface area (Å²) in [6.45, 7) is 7.72. The van der Waals surface area contributed by atoms with Gasteiger partial charge in [0.05, 0.1) is 6.10 Å². The number of nitrogens with zero attached hydrogens (tertiary/aromatic N) is 1. The second-order valence-corrected chi connectivity index (χ2v) is 6.04. The first-order valence-electron chi connectivity index (χ1n) is 7.85. The first-order valence-corrected chi connectivity index (χ1v) is 7.85. The first kappa shape index (κ1) is 14.3. The third-order valence-corrected chi connectivity index (χ3v) is 4.89.